The third kappa shape index (κ3) is 4.38. The Morgan fingerprint density at radius 2 is 1.94 bits per heavy atom. The summed E-state index contributed by atoms with van der Waals surface area (Å²) >= 11 is 0. The van der Waals surface area contributed by atoms with Gasteiger partial charge in [0.05, 0.1) is 6.10 Å². The standard InChI is InChI=1S/C30H48O2Si/c1-9-10-28(31)20(2)26-15-16-27-25-13-11-21-19-22(32-33(7,8)29(3,4)5)12-14-23(21)24(25)17-18-30(26,27)6/h9,12,14,19-20,24-28,31H,1,10-11,13,15-18H2,2-8H3. The SMILES string of the molecule is C=CCC(O)C(C)C1CCC2C3CCc4cc(O[Si](C)(C)C(C)(C)C)ccc4C3CCC12C. The van der Waals surface area contributed by atoms with Gasteiger partial charge in [-0.25, -0.2) is 0 Å². The summed E-state index contributed by atoms with van der Waals surface area (Å²) in [5.74, 6) is 4.40. The molecule has 0 spiro atoms. The summed E-state index contributed by atoms with van der Waals surface area (Å²) in [7, 11) is -1.81. The Balaban J connectivity index is 1.53. The topological polar surface area (TPSA) is 29.5 Å². The zero-order valence-corrected chi connectivity index (χ0v) is 23.3. The number of benzene rings is 1. The average molecular weight is 469 g/mol. The summed E-state index contributed by atoms with van der Waals surface area (Å²) in [4.78, 5) is 0. The second-order valence-electron chi connectivity index (χ2n) is 13.3. The Bertz CT molecular complexity index is 869. The second-order valence-corrected chi connectivity index (χ2v) is 18.0. The van der Waals surface area contributed by atoms with E-state index in [1.165, 1.54) is 38.5 Å². The molecule has 0 aliphatic heterocycles. The third-order valence-corrected chi connectivity index (χ3v) is 15.0. The zero-order chi connectivity index (χ0) is 24.2. The average Bonchev–Trinajstić information content (AvgIpc) is 3.09. The molecule has 2 fully saturated rings. The maximum atomic E-state index is 10.7. The minimum Gasteiger partial charge on any atom is -0.543 e. The van der Waals surface area contributed by atoms with E-state index in [1.54, 1.807) is 11.1 Å². The van der Waals surface area contributed by atoms with E-state index >= 15 is 0 Å². The van der Waals surface area contributed by atoms with Gasteiger partial charge in [0.15, 0.2) is 0 Å². The molecule has 3 heteroatoms. The van der Waals surface area contributed by atoms with Gasteiger partial charge in [-0.1, -0.05) is 46.8 Å². The highest BCUT2D eigenvalue weighted by molar-refractivity contribution is 6.74. The number of fused-ring (bicyclic) bond motifs is 5. The first-order valence-electron chi connectivity index (χ1n) is 13.5. The van der Waals surface area contributed by atoms with E-state index in [1.807, 2.05) is 6.08 Å². The van der Waals surface area contributed by atoms with Crippen LogP contribution in [0.25, 0.3) is 0 Å². The molecule has 0 heterocycles. The molecule has 3 aliphatic carbocycles. The molecule has 184 valence electrons. The van der Waals surface area contributed by atoms with Crippen molar-refractivity contribution in [1.29, 1.82) is 0 Å². The Morgan fingerprint density at radius 1 is 1.21 bits per heavy atom. The van der Waals surface area contributed by atoms with Crippen molar-refractivity contribution in [1.82, 2.24) is 0 Å². The van der Waals surface area contributed by atoms with Crippen molar-refractivity contribution in [3.63, 3.8) is 0 Å². The van der Waals surface area contributed by atoms with Crippen molar-refractivity contribution in [2.45, 2.75) is 110 Å². The van der Waals surface area contributed by atoms with E-state index in [0.717, 1.165) is 24.0 Å². The molecule has 0 saturated heterocycles. The molecule has 7 atom stereocenters. The van der Waals surface area contributed by atoms with Gasteiger partial charge in [0.25, 0.3) is 0 Å². The molecule has 4 rings (SSSR count). The van der Waals surface area contributed by atoms with Crippen LogP contribution >= 0.6 is 0 Å². The van der Waals surface area contributed by atoms with Crippen LogP contribution in [0.2, 0.25) is 18.1 Å². The first kappa shape index (κ1) is 25.0. The fourth-order valence-electron chi connectivity index (χ4n) is 7.63. The molecule has 1 N–H and O–H groups in total. The van der Waals surface area contributed by atoms with Gasteiger partial charge in [-0.15, -0.1) is 6.58 Å². The van der Waals surface area contributed by atoms with Gasteiger partial charge in [0.2, 0.25) is 8.32 Å². The molecular weight excluding hydrogens is 420 g/mol. The Labute approximate surface area is 204 Å². The van der Waals surface area contributed by atoms with Crippen LogP contribution in [0.4, 0.5) is 0 Å². The molecule has 1 aromatic rings. The molecular formula is C30H48O2Si. The molecule has 7 unspecified atom stereocenters. The first-order chi connectivity index (χ1) is 15.4. The van der Waals surface area contributed by atoms with E-state index in [4.69, 9.17) is 4.43 Å². The summed E-state index contributed by atoms with van der Waals surface area (Å²) < 4.78 is 6.64. The van der Waals surface area contributed by atoms with Crippen molar-refractivity contribution >= 4 is 8.32 Å². The highest BCUT2D eigenvalue weighted by Crippen LogP contribution is 2.64. The van der Waals surface area contributed by atoms with Crippen LogP contribution in [0.15, 0.2) is 30.9 Å². The van der Waals surface area contributed by atoms with Gasteiger partial charge in [0, 0.05) is 0 Å². The minimum absolute atomic E-state index is 0.219. The number of aliphatic hydroxyl groups is 1. The number of aryl methyl sites for hydroxylation is 1. The Hall–Kier alpha value is -1.06. The van der Waals surface area contributed by atoms with Gasteiger partial charge >= 0.3 is 0 Å². The van der Waals surface area contributed by atoms with Gasteiger partial charge in [0.1, 0.15) is 5.75 Å². The Kier molecular flexibility index (Phi) is 6.72. The molecule has 33 heavy (non-hydrogen) atoms. The summed E-state index contributed by atoms with van der Waals surface area (Å²) in [6, 6.07) is 7.06. The van der Waals surface area contributed by atoms with Crippen LogP contribution < -0.4 is 4.43 Å². The maximum Gasteiger partial charge on any atom is 0.250 e. The van der Waals surface area contributed by atoms with Gasteiger partial charge < -0.3 is 9.53 Å². The van der Waals surface area contributed by atoms with Crippen LogP contribution in [-0.4, -0.2) is 19.5 Å². The molecule has 0 bridgehead atoms. The van der Waals surface area contributed by atoms with Crippen LogP contribution in [0.3, 0.4) is 0 Å². The van der Waals surface area contributed by atoms with E-state index in [0.29, 0.717) is 23.2 Å². The maximum absolute atomic E-state index is 10.7. The highest BCUT2D eigenvalue weighted by atomic mass is 28.4. The van der Waals surface area contributed by atoms with Crippen LogP contribution in [0, 0.1) is 29.1 Å². The normalized spacial score (nSPS) is 33.5. The molecule has 0 amide bonds. The van der Waals surface area contributed by atoms with Gasteiger partial charge in [-0.2, -0.15) is 0 Å². The van der Waals surface area contributed by atoms with E-state index < -0.39 is 8.32 Å². The number of aliphatic hydroxyl groups excluding tert-OH is 1. The fraction of sp³-hybridized carbons (Fsp3) is 0.733. The zero-order valence-electron chi connectivity index (χ0n) is 22.3. The first-order valence-corrected chi connectivity index (χ1v) is 16.4. The van der Waals surface area contributed by atoms with Gasteiger partial charge in [-0.3, -0.25) is 0 Å². The van der Waals surface area contributed by atoms with E-state index in [-0.39, 0.29) is 11.1 Å². The highest BCUT2D eigenvalue weighted by Gasteiger charge is 2.56. The van der Waals surface area contributed by atoms with Crippen molar-refractivity contribution in [3.8, 4) is 5.75 Å². The summed E-state index contributed by atoms with van der Waals surface area (Å²) in [5, 5.41) is 10.9. The molecule has 1 aromatic carbocycles. The summed E-state index contributed by atoms with van der Waals surface area (Å²) in [5.41, 5.74) is 3.53. The summed E-state index contributed by atoms with van der Waals surface area (Å²) in [6.07, 6.45) is 10.1. The lowest BCUT2D eigenvalue weighted by Gasteiger charge is -2.52. The lowest BCUT2D eigenvalue weighted by Crippen LogP contribution is -2.45. The molecule has 2 saturated carbocycles. The van der Waals surface area contributed by atoms with Crippen molar-refractivity contribution in [3.05, 3.63) is 42.0 Å². The van der Waals surface area contributed by atoms with Crippen LogP contribution in [-0.2, 0) is 6.42 Å². The molecule has 2 nitrogen and oxygen atoms in total. The monoisotopic (exact) mass is 468 g/mol. The summed E-state index contributed by atoms with van der Waals surface area (Å²) in [6.45, 7) is 20.3. The fourth-order valence-corrected chi connectivity index (χ4v) is 8.65. The van der Waals surface area contributed by atoms with Crippen molar-refractivity contribution < 1.29 is 9.53 Å². The number of hydrogen-bond acceptors (Lipinski definition) is 2. The largest absolute Gasteiger partial charge is 0.543 e. The molecule has 0 aromatic heterocycles. The van der Waals surface area contributed by atoms with E-state index in [2.05, 4.69) is 72.5 Å². The third-order valence-electron chi connectivity index (χ3n) is 10.6. The minimum atomic E-state index is -1.81. The second kappa shape index (κ2) is 8.86. The predicted molar refractivity (Wildman–Crippen MR) is 142 cm³/mol. The van der Waals surface area contributed by atoms with E-state index in [9.17, 15) is 5.11 Å². The molecule has 3 aliphatic rings. The quantitative estimate of drug-likeness (QED) is 0.337. The lowest BCUT2D eigenvalue weighted by molar-refractivity contribution is -0.0189. The molecule has 0 radical (unpaired) electrons. The van der Waals surface area contributed by atoms with Crippen LogP contribution in [0.5, 0.6) is 5.75 Å². The number of hydrogen-bond donors (Lipinski definition) is 1. The lowest BCUT2D eigenvalue weighted by atomic mass is 9.53. The number of rotatable bonds is 6. The van der Waals surface area contributed by atoms with Crippen molar-refractivity contribution in [2.75, 3.05) is 0 Å². The smallest absolute Gasteiger partial charge is 0.250 e. The Morgan fingerprint density at radius 3 is 2.61 bits per heavy atom. The van der Waals surface area contributed by atoms with Crippen LogP contribution in [0.1, 0.15) is 90.2 Å². The predicted octanol–water partition coefficient (Wildman–Crippen LogP) is 8.12. The van der Waals surface area contributed by atoms with Gasteiger partial charge in [-0.05, 0) is 121 Å². The van der Waals surface area contributed by atoms with Crippen molar-refractivity contribution in [2.24, 2.45) is 29.1 Å².